The van der Waals surface area contributed by atoms with Crippen LogP contribution in [-0.2, 0) is 0 Å². The van der Waals surface area contributed by atoms with Gasteiger partial charge >= 0.3 is 0 Å². The van der Waals surface area contributed by atoms with Crippen molar-refractivity contribution in [1.82, 2.24) is 4.98 Å². The van der Waals surface area contributed by atoms with Gasteiger partial charge in [0.05, 0.1) is 27.4 Å². The highest BCUT2D eigenvalue weighted by Gasteiger charge is 2.14. The minimum atomic E-state index is -0.483. The summed E-state index contributed by atoms with van der Waals surface area (Å²) < 4.78 is 0. The lowest BCUT2D eigenvalue weighted by molar-refractivity contribution is 0.102. The van der Waals surface area contributed by atoms with E-state index in [1.807, 2.05) is 6.07 Å². The third kappa shape index (κ3) is 3.43. The van der Waals surface area contributed by atoms with Crippen molar-refractivity contribution in [3.8, 4) is 6.07 Å². The minimum Gasteiger partial charge on any atom is -0.373 e. The van der Waals surface area contributed by atoms with Crippen molar-refractivity contribution in [3.63, 3.8) is 0 Å². The Morgan fingerprint density at radius 1 is 1.24 bits per heavy atom. The van der Waals surface area contributed by atoms with Crippen LogP contribution in [0.15, 0.2) is 30.3 Å². The van der Waals surface area contributed by atoms with Gasteiger partial charge in [-0.05, 0) is 30.3 Å². The van der Waals surface area contributed by atoms with Crippen LogP contribution in [0.4, 0.5) is 11.5 Å². The largest absolute Gasteiger partial charge is 0.373 e. The maximum absolute atomic E-state index is 12.2. The van der Waals surface area contributed by atoms with Crippen LogP contribution in [0.25, 0.3) is 0 Å². The van der Waals surface area contributed by atoms with Crippen LogP contribution in [0.3, 0.4) is 0 Å². The molecular weight excluding hydrogens is 311 g/mol. The molecule has 2 aromatic rings. The number of benzene rings is 1. The quantitative estimate of drug-likeness (QED) is 0.906. The molecule has 1 aromatic carbocycles. The maximum Gasteiger partial charge on any atom is 0.275 e. The van der Waals surface area contributed by atoms with E-state index in [0.717, 1.165) is 0 Å². The summed E-state index contributed by atoms with van der Waals surface area (Å²) in [5, 5.41) is 14.7. The number of carbonyl (C=O) groups excluding carboxylic acids is 1. The van der Waals surface area contributed by atoms with E-state index in [9.17, 15) is 4.79 Å². The lowest BCUT2D eigenvalue weighted by Gasteiger charge is -2.09. The molecule has 1 heterocycles. The molecule has 2 N–H and O–H groups in total. The molecule has 1 amide bonds. The number of aromatic nitrogens is 1. The number of nitrogens with one attached hydrogen (secondary N) is 2. The molecule has 0 spiro atoms. The van der Waals surface area contributed by atoms with Gasteiger partial charge < -0.3 is 10.6 Å². The lowest BCUT2D eigenvalue weighted by Crippen LogP contribution is -2.15. The van der Waals surface area contributed by atoms with Crippen molar-refractivity contribution >= 4 is 40.6 Å². The van der Waals surface area contributed by atoms with Crippen molar-refractivity contribution in [2.24, 2.45) is 0 Å². The number of nitrogens with zero attached hydrogens (tertiary/aromatic N) is 2. The summed E-state index contributed by atoms with van der Waals surface area (Å²) in [4.78, 5) is 16.3. The van der Waals surface area contributed by atoms with E-state index in [1.165, 1.54) is 6.07 Å². The number of hydrogen-bond acceptors (Lipinski definition) is 4. The molecule has 1 aromatic heterocycles. The van der Waals surface area contributed by atoms with Gasteiger partial charge in [-0.3, -0.25) is 4.79 Å². The van der Waals surface area contributed by atoms with Gasteiger partial charge in [0.1, 0.15) is 11.5 Å². The molecule has 0 saturated heterocycles. The first-order valence-corrected chi connectivity index (χ1v) is 6.66. The van der Waals surface area contributed by atoms with E-state index in [2.05, 4.69) is 15.6 Å². The minimum absolute atomic E-state index is 0.0870. The number of hydrogen-bond donors (Lipinski definition) is 2. The predicted octanol–water partition coefficient (Wildman–Crippen LogP) is 3.55. The summed E-state index contributed by atoms with van der Waals surface area (Å²) in [6.45, 7) is 0. The number of amides is 1. The molecule has 0 atom stereocenters. The first-order valence-electron chi connectivity index (χ1n) is 5.90. The van der Waals surface area contributed by atoms with Gasteiger partial charge in [-0.25, -0.2) is 4.98 Å². The van der Waals surface area contributed by atoms with Crippen LogP contribution < -0.4 is 10.6 Å². The predicted molar refractivity (Wildman–Crippen MR) is 82.9 cm³/mol. The molecule has 0 bridgehead atoms. The van der Waals surface area contributed by atoms with Gasteiger partial charge in [-0.1, -0.05) is 23.2 Å². The molecule has 106 valence electrons. The fourth-order valence-corrected chi connectivity index (χ4v) is 2.03. The first-order chi connectivity index (χ1) is 10.0. The van der Waals surface area contributed by atoms with Crippen molar-refractivity contribution in [2.45, 2.75) is 0 Å². The molecule has 0 aliphatic heterocycles. The topological polar surface area (TPSA) is 77.8 Å². The summed E-state index contributed by atoms with van der Waals surface area (Å²) in [5.74, 6) is 0.0409. The Bertz CT molecular complexity index is 740. The Hall–Kier alpha value is -2.29. The van der Waals surface area contributed by atoms with Crippen LogP contribution >= 0.6 is 23.2 Å². The zero-order valence-electron chi connectivity index (χ0n) is 10.9. The highest BCUT2D eigenvalue weighted by molar-refractivity contribution is 6.35. The van der Waals surface area contributed by atoms with Crippen molar-refractivity contribution in [2.75, 3.05) is 17.7 Å². The normalized spacial score (nSPS) is 9.81. The smallest absolute Gasteiger partial charge is 0.275 e. The molecule has 0 aliphatic rings. The Morgan fingerprint density at radius 3 is 2.62 bits per heavy atom. The zero-order valence-corrected chi connectivity index (χ0v) is 12.5. The number of anilines is 2. The second kappa shape index (κ2) is 6.44. The second-order valence-corrected chi connectivity index (χ2v) is 4.85. The van der Waals surface area contributed by atoms with Gasteiger partial charge in [0.2, 0.25) is 0 Å². The summed E-state index contributed by atoms with van der Waals surface area (Å²) in [6.07, 6.45) is 0. The third-order valence-corrected chi connectivity index (χ3v) is 3.28. The summed E-state index contributed by atoms with van der Waals surface area (Å²) in [5.41, 5.74) is 0.878. The summed E-state index contributed by atoms with van der Waals surface area (Å²) in [6, 6.07) is 9.78. The third-order valence-electron chi connectivity index (χ3n) is 2.66. The van der Waals surface area contributed by atoms with Crippen molar-refractivity contribution in [3.05, 3.63) is 51.6 Å². The van der Waals surface area contributed by atoms with Crippen LogP contribution in [0.5, 0.6) is 0 Å². The van der Waals surface area contributed by atoms with Gasteiger partial charge in [0.25, 0.3) is 5.91 Å². The standard InChI is InChI=1S/C14H10Cl2N4O/c1-18-12-5-3-9(15)13(20-12)14(21)19-11-4-2-8(7-17)6-10(11)16/h2-6H,1H3,(H,18,20)(H,19,21). The Morgan fingerprint density at radius 2 is 2.00 bits per heavy atom. The van der Waals surface area contributed by atoms with E-state index in [1.54, 1.807) is 31.3 Å². The Balaban J connectivity index is 2.28. The number of nitriles is 1. The Kier molecular flexibility index (Phi) is 4.63. The van der Waals surface area contributed by atoms with Gasteiger partial charge in [-0.2, -0.15) is 5.26 Å². The lowest BCUT2D eigenvalue weighted by atomic mass is 10.2. The van der Waals surface area contributed by atoms with Crippen LogP contribution in [-0.4, -0.2) is 17.9 Å². The molecule has 0 saturated carbocycles. The number of pyridine rings is 1. The molecule has 0 aliphatic carbocycles. The van der Waals surface area contributed by atoms with E-state index >= 15 is 0 Å². The highest BCUT2D eigenvalue weighted by Crippen LogP contribution is 2.24. The van der Waals surface area contributed by atoms with Gasteiger partial charge in [-0.15, -0.1) is 0 Å². The van der Waals surface area contributed by atoms with E-state index < -0.39 is 5.91 Å². The summed E-state index contributed by atoms with van der Waals surface area (Å²) >= 11 is 12.0. The Labute approximate surface area is 131 Å². The molecule has 5 nitrogen and oxygen atoms in total. The molecular formula is C14H10Cl2N4O. The molecule has 0 radical (unpaired) electrons. The molecule has 2 rings (SSSR count). The molecule has 0 unspecified atom stereocenters. The second-order valence-electron chi connectivity index (χ2n) is 4.04. The SMILES string of the molecule is CNc1ccc(Cl)c(C(=O)Nc2ccc(C#N)cc2Cl)n1. The van der Waals surface area contributed by atoms with Crippen molar-refractivity contribution < 1.29 is 4.79 Å². The fraction of sp³-hybridized carbons (Fsp3) is 0.0714. The number of rotatable bonds is 3. The molecule has 7 heteroatoms. The van der Waals surface area contributed by atoms with E-state index in [0.29, 0.717) is 17.1 Å². The average molecular weight is 321 g/mol. The van der Waals surface area contributed by atoms with Crippen molar-refractivity contribution in [1.29, 1.82) is 5.26 Å². The van der Waals surface area contributed by atoms with Crippen LogP contribution in [0.2, 0.25) is 10.0 Å². The molecule has 0 fully saturated rings. The van der Waals surface area contributed by atoms with Gasteiger partial charge in [0, 0.05) is 7.05 Å². The van der Waals surface area contributed by atoms with Crippen LogP contribution in [0, 0.1) is 11.3 Å². The molecule has 21 heavy (non-hydrogen) atoms. The fourth-order valence-electron chi connectivity index (χ4n) is 1.61. The maximum atomic E-state index is 12.2. The average Bonchev–Trinajstić information content (AvgIpc) is 2.49. The highest BCUT2D eigenvalue weighted by atomic mass is 35.5. The number of carbonyl (C=O) groups is 1. The zero-order chi connectivity index (χ0) is 15.4. The summed E-state index contributed by atoms with van der Waals surface area (Å²) in [7, 11) is 1.69. The van der Waals surface area contributed by atoms with E-state index in [-0.39, 0.29) is 15.7 Å². The van der Waals surface area contributed by atoms with Crippen LogP contribution in [0.1, 0.15) is 16.1 Å². The van der Waals surface area contributed by atoms with Gasteiger partial charge in [0.15, 0.2) is 0 Å². The van der Waals surface area contributed by atoms with E-state index in [4.69, 9.17) is 28.5 Å². The number of halogens is 2. The monoisotopic (exact) mass is 320 g/mol. The first kappa shape index (κ1) is 15.1.